The van der Waals surface area contributed by atoms with Crippen LogP contribution in [0.15, 0.2) is 18.3 Å². The summed E-state index contributed by atoms with van der Waals surface area (Å²) >= 11 is 0. The Hall–Kier alpha value is -1.69. The monoisotopic (exact) mass is 239 g/mol. The zero-order valence-corrected chi connectivity index (χ0v) is 9.80. The number of nitrogens with zero attached hydrogens (tertiary/aromatic N) is 2. The Morgan fingerprint density at radius 3 is 3.06 bits per heavy atom. The molecule has 0 aliphatic carbocycles. The lowest BCUT2D eigenvalue weighted by Gasteiger charge is -2.09. The lowest BCUT2D eigenvalue weighted by molar-refractivity contribution is -0.388. The normalized spacial score (nSPS) is 12.1. The van der Waals surface area contributed by atoms with Crippen molar-refractivity contribution in [2.75, 3.05) is 18.5 Å². The first-order valence-electron chi connectivity index (χ1n) is 5.59. The minimum Gasteiger partial charge on any atom is -0.396 e. The van der Waals surface area contributed by atoms with E-state index in [-0.39, 0.29) is 18.3 Å². The van der Waals surface area contributed by atoms with Gasteiger partial charge >= 0.3 is 5.82 Å². The van der Waals surface area contributed by atoms with E-state index in [2.05, 4.69) is 10.3 Å². The van der Waals surface area contributed by atoms with Crippen LogP contribution in [0.3, 0.4) is 0 Å². The molecule has 94 valence electrons. The molecule has 17 heavy (non-hydrogen) atoms. The average molecular weight is 239 g/mol. The summed E-state index contributed by atoms with van der Waals surface area (Å²) in [6.07, 6.45) is 3.14. The summed E-state index contributed by atoms with van der Waals surface area (Å²) < 4.78 is 0. The summed E-state index contributed by atoms with van der Waals surface area (Å²) in [4.78, 5) is 13.9. The van der Waals surface area contributed by atoms with Gasteiger partial charge in [0.1, 0.15) is 11.9 Å². The smallest absolute Gasteiger partial charge is 0.386 e. The van der Waals surface area contributed by atoms with E-state index in [1.807, 2.05) is 6.92 Å². The number of hydrogen-bond acceptors (Lipinski definition) is 5. The fourth-order valence-electron chi connectivity index (χ4n) is 1.45. The molecule has 0 saturated heterocycles. The molecule has 0 bridgehead atoms. The van der Waals surface area contributed by atoms with Gasteiger partial charge in [-0.1, -0.05) is 6.92 Å². The van der Waals surface area contributed by atoms with Gasteiger partial charge in [-0.2, -0.15) is 0 Å². The van der Waals surface area contributed by atoms with Gasteiger partial charge in [-0.3, -0.25) is 0 Å². The molecule has 2 N–H and O–H groups in total. The van der Waals surface area contributed by atoms with E-state index in [0.717, 1.165) is 12.8 Å². The van der Waals surface area contributed by atoms with Crippen molar-refractivity contribution >= 4 is 11.5 Å². The molecule has 1 atom stereocenters. The summed E-state index contributed by atoms with van der Waals surface area (Å²) in [5.74, 6) is 0.114. The number of aromatic nitrogens is 1. The number of hydrogen-bond donors (Lipinski definition) is 2. The van der Waals surface area contributed by atoms with Crippen LogP contribution in [0, 0.1) is 16.0 Å². The highest BCUT2D eigenvalue weighted by Gasteiger charge is 2.13. The van der Waals surface area contributed by atoms with Gasteiger partial charge in [0.05, 0.1) is 0 Å². The van der Waals surface area contributed by atoms with Crippen LogP contribution >= 0.6 is 0 Å². The summed E-state index contributed by atoms with van der Waals surface area (Å²) in [6.45, 7) is 2.77. The van der Waals surface area contributed by atoms with Crippen molar-refractivity contribution in [2.45, 2.75) is 19.8 Å². The van der Waals surface area contributed by atoms with Gasteiger partial charge < -0.3 is 20.5 Å². The van der Waals surface area contributed by atoms with E-state index in [0.29, 0.717) is 12.2 Å². The standard InChI is InChI=1S/C11H17N3O3/c1-9(8-15)4-2-6-12-10-5-3-7-13-11(10)14(16)17/h3,5,7,9,12,15H,2,4,6,8H2,1H3. The van der Waals surface area contributed by atoms with Crippen molar-refractivity contribution in [3.8, 4) is 0 Å². The van der Waals surface area contributed by atoms with E-state index in [4.69, 9.17) is 5.11 Å². The molecule has 1 aromatic heterocycles. The van der Waals surface area contributed by atoms with Crippen LogP contribution in [0.5, 0.6) is 0 Å². The maximum absolute atomic E-state index is 10.7. The van der Waals surface area contributed by atoms with Crippen molar-refractivity contribution in [3.63, 3.8) is 0 Å². The Labute approximate surface area is 99.8 Å². The highest BCUT2D eigenvalue weighted by Crippen LogP contribution is 2.20. The Balaban J connectivity index is 2.44. The highest BCUT2D eigenvalue weighted by molar-refractivity contribution is 5.56. The lowest BCUT2D eigenvalue weighted by atomic mass is 10.1. The van der Waals surface area contributed by atoms with E-state index >= 15 is 0 Å². The van der Waals surface area contributed by atoms with Crippen LogP contribution in [-0.2, 0) is 0 Å². The summed E-state index contributed by atoms with van der Waals surface area (Å²) in [5.41, 5.74) is 0.439. The molecule has 0 spiro atoms. The molecule has 0 aromatic carbocycles. The first-order valence-corrected chi connectivity index (χ1v) is 5.59. The summed E-state index contributed by atoms with van der Waals surface area (Å²) in [6, 6.07) is 3.30. The van der Waals surface area contributed by atoms with Gasteiger partial charge in [0, 0.05) is 13.2 Å². The van der Waals surface area contributed by atoms with Gasteiger partial charge in [0.25, 0.3) is 0 Å². The number of anilines is 1. The second kappa shape index (κ2) is 6.80. The predicted molar refractivity (Wildman–Crippen MR) is 64.9 cm³/mol. The van der Waals surface area contributed by atoms with Crippen LogP contribution < -0.4 is 5.32 Å². The Bertz CT molecular complexity index is 371. The Morgan fingerprint density at radius 1 is 1.65 bits per heavy atom. The van der Waals surface area contributed by atoms with Gasteiger partial charge in [-0.25, -0.2) is 0 Å². The molecule has 6 heteroatoms. The van der Waals surface area contributed by atoms with E-state index < -0.39 is 4.92 Å². The largest absolute Gasteiger partial charge is 0.396 e. The maximum Gasteiger partial charge on any atom is 0.386 e. The van der Waals surface area contributed by atoms with Crippen molar-refractivity contribution in [1.29, 1.82) is 0 Å². The van der Waals surface area contributed by atoms with Gasteiger partial charge in [0.15, 0.2) is 0 Å². The molecule has 6 nitrogen and oxygen atoms in total. The van der Waals surface area contributed by atoms with Gasteiger partial charge in [-0.05, 0) is 40.8 Å². The molecule has 0 fully saturated rings. The van der Waals surface area contributed by atoms with Crippen molar-refractivity contribution < 1.29 is 10.0 Å². The zero-order chi connectivity index (χ0) is 12.7. The van der Waals surface area contributed by atoms with Gasteiger partial charge in [-0.15, -0.1) is 0 Å². The number of pyridine rings is 1. The van der Waals surface area contributed by atoms with Gasteiger partial charge in [0.2, 0.25) is 0 Å². The number of nitro groups is 1. The number of aliphatic hydroxyl groups excluding tert-OH is 1. The fraction of sp³-hybridized carbons (Fsp3) is 0.545. The highest BCUT2D eigenvalue weighted by atomic mass is 16.6. The topological polar surface area (TPSA) is 88.3 Å². The predicted octanol–water partition coefficient (Wildman–Crippen LogP) is 1.81. The first-order chi connectivity index (χ1) is 8.15. The molecule has 0 aliphatic heterocycles. The van der Waals surface area contributed by atoms with E-state index in [1.54, 1.807) is 12.1 Å². The molecule has 1 unspecified atom stereocenters. The average Bonchev–Trinajstić information content (AvgIpc) is 2.34. The molecule has 0 aliphatic rings. The van der Waals surface area contributed by atoms with Crippen molar-refractivity contribution in [3.05, 3.63) is 28.4 Å². The third-order valence-electron chi connectivity index (χ3n) is 2.46. The molecule has 1 rings (SSSR count). The summed E-state index contributed by atoms with van der Waals surface area (Å²) in [7, 11) is 0. The van der Waals surface area contributed by atoms with Crippen LogP contribution in [0.25, 0.3) is 0 Å². The Morgan fingerprint density at radius 2 is 2.41 bits per heavy atom. The minimum absolute atomic E-state index is 0.150. The van der Waals surface area contributed by atoms with E-state index in [9.17, 15) is 10.1 Å². The second-order valence-corrected chi connectivity index (χ2v) is 3.99. The number of rotatable bonds is 7. The number of nitrogens with one attached hydrogen (secondary N) is 1. The lowest BCUT2D eigenvalue weighted by Crippen LogP contribution is -2.08. The van der Waals surface area contributed by atoms with Crippen LogP contribution in [-0.4, -0.2) is 28.2 Å². The van der Waals surface area contributed by atoms with Crippen LogP contribution in [0.1, 0.15) is 19.8 Å². The van der Waals surface area contributed by atoms with Crippen molar-refractivity contribution in [2.24, 2.45) is 5.92 Å². The quantitative estimate of drug-likeness (QED) is 0.430. The first kappa shape index (κ1) is 13.4. The summed E-state index contributed by atoms with van der Waals surface area (Å²) in [5, 5.41) is 22.5. The molecule has 1 aromatic rings. The number of aliphatic hydroxyl groups is 1. The second-order valence-electron chi connectivity index (χ2n) is 3.99. The fourth-order valence-corrected chi connectivity index (χ4v) is 1.45. The molecule has 0 amide bonds. The maximum atomic E-state index is 10.7. The van der Waals surface area contributed by atoms with Crippen molar-refractivity contribution in [1.82, 2.24) is 4.98 Å². The van der Waals surface area contributed by atoms with Crippen LogP contribution in [0.4, 0.5) is 11.5 Å². The van der Waals surface area contributed by atoms with E-state index in [1.165, 1.54) is 6.20 Å². The molecule has 0 radical (unpaired) electrons. The van der Waals surface area contributed by atoms with Crippen LogP contribution in [0.2, 0.25) is 0 Å². The molecular weight excluding hydrogens is 222 g/mol. The molecule has 1 heterocycles. The third-order valence-corrected chi connectivity index (χ3v) is 2.46. The minimum atomic E-state index is -0.501. The third kappa shape index (κ3) is 4.36. The zero-order valence-electron chi connectivity index (χ0n) is 9.80. The Kier molecular flexibility index (Phi) is 5.35. The SMILES string of the molecule is CC(CO)CCCNc1cccnc1[N+](=O)[O-]. The molecule has 0 saturated carbocycles. The molecular formula is C11H17N3O3.